The summed E-state index contributed by atoms with van der Waals surface area (Å²) in [5, 5.41) is 2.80. The van der Waals surface area contributed by atoms with Crippen LogP contribution < -0.4 is 0 Å². The van der Waals surface area contributed by atoms with Gasteiger partial charge in [0.2, 0.25) is 0 Å². The van der Waals surface area contributed by atoms with Gasteiger partial charge in [-0.05, 0) is 68.6 Å². The number of aryl methyl sites for hydroxylation is 1. The maximum absolute atomic E-state index is 2.49. The Balaban J connectivity index is 1.64. The lowest BCUT2D eigenvalue weighted by atomic mass is 9.70. The van der Waals surface area contributed by atoms with Crippen molar-refractivity contribution in [1.29, 1.82) is 0 Å². The quantitative estimate of drug-likeness (QED) is 0.234. The smallest absolute Gasteiger partial charge is 0.0725 e. The second-order valence-electron chi connectivity index (χ2n) is 9.53. The van der Waals surface area contributed by atoms with Gasteiger partial charge in [-0.1, -0.05) is 97.9 Å². The molecule has 0 amide bonds. The van der Waals surface area contributed by atoms with E-state index in [4.69, 9.17) is 0 Å². The Labute approximate surface area is 203 Å². The topological polar surface area (TPSA) is 0 Å². The summed E-state index contributed by atoms with van der Waals surface area (Å²) in [7, 11) is 0. The van der Waals surface area contributed by atoms with Crippen molar-refractivity contribution in [3.63, 3.8) is 0 Å². The van der Waals surface area contributed by atoms with Crippen molar-refractivity contribution in [2.24, 2.45) is 0 Å². The summed E-state index contributed by atoms with van der Waals surface area (Å²) in [4.78, 5) is 0. The molecule has 8 rings (SSSR count). The summed E-state index contributed by atoms with van der Waals surface area (Å²) in [5.41, 5.74) is 12.4. The minimum Gasteiger partial charge on any atom is -0.135 e. The second kappa shape index (κ2) is 6.46. The van der Waals surface area contributed by atoms with E-state index in [1.165, 1.54) is 70.2 Å². The van der Waals surface area contributed by atoms with Crippen LogP contribution in [-0.4, -0.2) is 0 Å². The summed E-state index contributed by atoms with van der Waals surface area (Å²) < 4.78 is 2.74. The van der Waals surface area contributed by atoms with E-state index in [9.17, 15) is 0 Å². The lowest BCUT2D eigenvalue weighted by molar-refractivity contribution is 0.792. The summed E-state index contributed by atoms with van der Waals surface area (Å²) >= 11 is 1.91. The minimum atomic E-state index is -0.264. The molecule has 0 saturated carbocycles. The summed E-state index contributed by atoms with van der Waals surface area (Å²) in [6.07, 6.45) is 1.04. The van der Waals surface area contributed by atoms with E-state index >= 15 is 0 Å². The fourth-order valence-electron chi connectivity index (χ4n) is 6.71. The van der Waals surface area contributed by atoms with Gasteiger partial charge in [-0.15, -0.1) is 11.3 Å². The predicted molar refractivity (Wildman–Crippen MR) is 145 cm³/mol. The third-order valence-electron chi connectivity index (χ3n) is 8.07. The molecule has 2 aliphatic carbocycles. The van der Waals surface area contributed by atoms with Crippen LogP contribution in [0.3, 0.4) is 0 Å². The van der Waals surface area contributed by atoms with Crippen molar-refractivity contribution in [3.8, 4) is 22.3 Å². The second-order valence-corrected chi connectivity index (χ2v) is 10.6. The molecule has 0 saturated heterocycles. The molecule has 0 atom stereocenters. The van der Waals surface area contributed by atoms with Crippen LogP contribution in [0.15, 0.2) is 103 Å². The van der Waals surface area contributed by atoms with E-state index in [0.717, 1.165) is 6.42 Å². The Bertz CT molecular complexity index is 1750. The fraction of sp³-hybridized carbons (Fsp3) is 0.0909. The lowest BCUT2D eigenvalue weighted by Gasteiger charge is -2.30. The third-order valence-corrected chi connectivity index (χ3v) is 9.20. The van der Waals surface area contributed by atoms with Crippen LogP contribution >= 0.6 is 11.3 Å². The molecule has 0 nitrogen and oxygen atoms in total. The Morgan fingerprint density at radius 3 is 2.06 bits per heavy atom. The first-order valence-corrected chi connectivity index (χ1v) is 12.9. The number of hydrogen-bond donors (Lipinski definition) is 0. The SMILES string of the molecule is CCc1ccc2c(c1)C1(c3ccccc3-c3ccccc31)c1ccc3sc4ccccc4c3c1-2. The largest absolute Gasteiger partial charge is 0.135 e. The van der Waals surface area contributed by atoms with E-state index in [1.807, 2.05) is 11.3 Å². The molecule has 0 aliphatic heterocycles. The van der Waals surface area contributed by atoms with Gasteiger partial charge in [0.15, 0.2) is 0 Å². The van der Waals surface area contributed by atoms with Gasteiger partial charge in [0.25, 0.3) is 0 Å². The molecule has 0 radical (unpaired) electrons. The molecule has 1 aromatic heterocycles. The van der Waals surface area contributed by atoms with Gasteiger partial charge >= 0.3 is 0 Å². The Morgan fingerprint density at radius 2 is 1.29 bits per heavy atom. The third kappa shape index (κ3) is 2.06. The molecular formula is C33H22S. The van der Waals surface area contributed by atoms with Crippen molar-refractivity contribution in [1.82, 2.24) is 0 Å². The maximum Gasteiger partial charge on any atom is 0.0725 e. The molecule has 0 N–H and O–H groups in total. The molecule has 160 valence electrons. The number of benzene rings is 5. The van der Waals surface area contributed by atoms with Crippen LogP contribution in [0.4, 0.5) is 0 Å². The van der Waals surface area contributed by atoms with Crippen LogP contribution in [0, 0.1) is 0 Å². The Morgan fingerprint density at radius 1 is 0.588 bits per heavy atom. The zero-order valence-corrected chi connectivity index (χ0v) is 19.7. The first-order chi connectivity index (χ1) is 16.8. The van der Waals surface area contributed by atoms with Gasteiger partial charge in [-0.3, -0.25) is 0 Å². The molecule has 6 aromatic rings. The van der Waals surface area contributed by atoms with Crippen LogP contribution in [0.1, 0.15) is 34.7 Å². The maximum atomic E-state index is 2.49. The van der Waals surface area contributed by atoms with Gasteiger partial charge in [-0.2, -0.15) is 0 Å². The molecular weight excluding hydrogens is 428 g/mol. The standard InChI is InChI=1S/C33H22S/c1-2-20-15-16-23-28(19-20)33(25-12-6-3-9-21(25)22-10-4-7-13-26(22)33)27-17-18-30-32(31(23)27)24-11-5-8-14-29(24)34-30/h3-19H,2H2,1H3. The highest BCUT2D eigenvalue weighted by molar-refractivity contribution is 7.26. The summed E-state index contributed by atoms with van der Waals surface area (Å²) in [6, 6.07) is 39.1. The van der Waals surface area contributed by atoms with Crippen molar-refractivity contribution < 1.29 is 0 Å². The molecule has 1 spiro atoms. The van der Waals surface area contributed by atoms with Crippen molar-refractivity contribution >= 4 is 31.5 Å². The average Bonchev–Trinajstić information content (AvgIpc) is 3.52. The number of fused-ring (bicyclic) bond motifs is 14. The molecule has 1 heteroatoms. The molecule has 34 heavy (non-hydrogen) atoms. The predicted octanol–water partition coefficient (Wildman–Crippen LogP) is 8.96. The number of thiophene rings is 1. The van der Waals surface area contributed by atoms with Crippen LogP contribution in [0.5, 0.6) is 0 Å². The van der Waals surface area contributed by atoms with E-state index in [-0.39, 0.29) is 5.41 Å². The monoisotopic (exact) mass is 450 g/mol. The van der Waals surface area contributed by atoms with Gasteiger partial charge in [0.1, 0.15) is 0 Å². The Kier molecular flexibility index (Phi) is 3.56. The number of hydrogen-bond acceptors (Lipinski definition) is 1. The highest BCUT2D eigenvalue weighted by atomic mass is 32.1. The van der Waals surface area contributed by atoms with Crippen LogP contribution in [0.2, 0.25) is 0 Å². The van der Waals surface area contributed by atoms with Crippen molar-refractivity contribution in [2.75, 3.05) is 0 Å². The van der Waals surface area contributed by atoms with E-state index in [2.05, 4.69) is 110 Å². The van der Waals surface area contributed by atoms with Gasteiger partial charge in [-0.25, -0.2) is 0 Å². The first kappa shape index (κ1) is 18.7. The van der Waals surface area contributed by atoms with Crippen LogP contribution in [0.25, 0.3) is 42.4 Å². The zero-order valence-electron chi connectivity index (χ0n) is 18.9. The van der Waals surface area contributed by atoms with E-state index in [1.54, 1.807) is 0 Å². The molecule has 0 unspecified atom stereocenters. The van der Waals surface area contributed by atoms with E-state index < -0.39 is 0 Å². The lowest BCUT2D eigenvalue weighted by Crippen LogP contribution is -2.26. The first-order valence-electron chi connectivity index (χ1n) is 12.1. The highest BCUT2D eigenvalue weighted by Crippen LogP contribution is 2.64. The normalized spacial score (nSPS) is 14.4. The molecule has 2 aliphatic rings. The van der Waals surface area contributed by atoms with Gasteiger partial charge < -0.3 is 0 Å². The van der Waals surface area contributed by atoms with Crippen LogP contribution in [-0.2, 0) is 11.8 Å². The minimum absolute atomic E-state index is 0.264. The summed E-state index contributed by atoms with van der Waals surface area (Å²) in [5.74, 6) is 0. The highest BCUT2D eigenvalue weighted by Gasteiger charge is 2.52. The number of rotatable bonds is 1. The fourth-order valence-corrected chi connectivity index (χ4v) is 7.82. The molecule has 5 aromatic carbocycles. The van der Waals surface area contributed by atoms with Crippen molar-refractivity contribution in [2.45, 2.75) is 18.8 Å². The van der Waals surface area contributed by atoms with E-state index in [0.29, 0.717) is 0 Å². The summed E-state index contributed by atoms with van der Waals surface area (Å²) in [6.45, 7) is 2.26. The molecule has 0 bridgehead atoms. The molecule has 1 heterocycles. The van der Waals surface area contributed by atoms with Gasteiger partial charge in [0.05, 0.1) is 5.41 Å². The van der Waals surface area contributed by atoms with Crippen molar-refractivity contribution in [3.05, 3.63) is 131 Å². The van der Waals surface area contributed by atoms with Gasteiger partial charge in [0, 0.05) is 20.2 Å². The average molecular weight is 451 g/mol. The Hall–Kier alpha value is -3.68. The zero-order chi connectivity index (χ0) is 22.4. The molecule has 0 fully saturated rings.